The van der Waals surface area contributed by atoms with Crippen molar-refractivity contribution in [3.05, 3.63) is 24.3 Å². The van der Waals surface area contributed by atoms with E-state index in [1.807, 2.05) is 0 Å². The molecule has 0 rings (SSSR count). The van der Waals surface area contributed by atoms with Crippen LogP contribution in [0.15, 0.2) is 24.3 Å². The van der Waals surface area contributed by atoms with Crippen LogP contribution in [-0.2, 0) is 4.79 Å². The first kappa shape index (κ1) is 57.8. The standard InChI is InChI=1S/C53H103NO5/c1-3-5-7-9-11-13-15-17-19-20-21-22-23-24-25-26-27-28-29-30-31-32-33-35-37-39-41-43-45-47-51(57)53(59)54-49(48-55)52(58)50(56)46-44-42-40-38-36-34-18-16-14-12-10-8-6-4-2/h16,18,38,40,49-52,55-58H,3-15,17,19-37,39,41-48H2,1-2H3,(H,54,59)/b18-16+,40-38+. The second-order valence-electron chi connectivity index (χ2n) is 18.2. The summed E-state index contributed by atoms with van der Waals surface area (Å²) in [6.07, 6.45) is 56.8. The molecule has 350 valence electrons. The van der Waals surface area contributed by atoms with E-state index >= 15 is 0 Å². The number of rotatable bonds is 48. The van der Waals surface area contributed by atoms with Crippen LogP contribution in [0.25, 0.3) is 0 Å². The molecule has 0 saturated heterocycles. The Bertz CT molecular complexity index is 893. The van der Waals surface area contributed by atoms with E-state index in [-0.39, 0.29) is 0 Å². The highest BCUT2D eigenvalue weighted by Gasteiger charge is 2.28. The fourth-order valence-corrected chi connectivity index (χ4v) is 8.25. The average Bonchev–Trinajstić information content (AvgIpc) is 3.24. The highest BCUT2D eigenvalue weighted by atomic mass is 16.3. The minimum atomic E-state index is -1.29. The van der Waals surface area contributed by atoms with Gasteiger partial charge < -0.3 is 25.7 Å². The van der Waals surface area contributed by atoms with Gasteiger partial charge >= 0.3 is 0 Å². The summed E-state index contributed by atoms with van der Waals surface area (Å²) in [5.74, 6) is -0.594. The molecule has 0 fully saturated rings. The van der Waals surface area contributed by atoms with E-state index in [1.54, 1.807) is 0 Å². The highest BCUT2D eigenvalue weighted by Crippen LogP contribution is 2.17. The van der Waals surface area contributed by atoms with Crippen LogP contribution in [0, 0.1) is 0 Å². The normalized spacial score (nSPS) is 14.1. The number of carbonyl (C=O) groups excluding carboxylic acids is 1. The summed E-state index contributed by atoms with van der Waals surface area (Å²) in [6, 6.07) is -1.00. The summed E-state index contributed by atoms with van der Waals surface area (Å²) in [6.45, 7) is 4.04. The number of carbonyl (C=O) groups is 1. The Hall–Kier alpha value is -1.21. The van der Waals surface area contributed by atoms with Crippen molar-refractivity contribution in [2.45, 2.75) is 301 Å². The first-order valence-electron chi connectivity index (χ1n) is 26.2. The molecule has 0 aliphatic carbocycles. The van der Waals surface area contributed by atoms with E-state index < -0.39 is 36.9 Å². The number of amides is 1. The van der Waals surface area contributed by atoms with Crippen LogP contribution in [0.2, 0.25) is 0 Å². The maximum atomic E-state index is 12.5. The largest absolute Gasteiger partial charge is 0.394 e. The third-order valence-electron chi connectivity index (χ3n) is 12.4. The molecule has 0 radical (unpaired) electrons. The van der Waals surface area contributed by atoms with Gasteiger partial charge in [0.1, 0.15) is 12.2 Å². The van der Waals surface area contributed by atoms with E-state index in [1.165, 1.54) is 205 Å². The van der Waals surface area contributed by atoms with Gasteiger partial charge in [0, 0.05) is 0 Å². The van der Waals surface area contributed by atoms with Crippen LogP contribution in [-0.4, -0.2) is 57.3 Å². The van der Waals surface area contributed by atoms with Gasteiger partial charge in [0.05, 0.1) is 18.8 Å². The molecule has 5 N–H and O–H groups in total. The van der Waals surface area contributed by atoms with Crippen LogP contribution >= 0.6 is 0 Å². The molecule has 0 aliphatic rings. The van der Waals surface area contributed by atoms with Gasteiger partial charge in [-0.1, -0.05) is 250 Å². The molecule has 0 heterocycles. The lowest BCUT2D eigenvalue weighted by molar-refractivity contribution is -0.132. The number of hydrogen-bond donors (Lipinski definition) is 5. The number of nitrogens with one attached hydrogen (secondary N) is 1. The fourth-order valence-electron chi connectivity index (χ4n) is 8.25. The van der Waals surface area contributed by atoms with E-state index in [2.05, 4.69) is 43.5 Å². The number of allylic oxidation sites excluding steroid dienone is 4. The van der Waals surface area contributed by atoms with E-state index in [9.17, 15) is 25.2 Å². The summed E-state index contributed by atoms with van der Waals surface area (Å²) in [5, 5.41) is 43.7. The predicted molar refractivity (Wildman–Crippen MR) is 256 cm³/mol. The Morgan fingerprint density at radius 2 is 0.712 bits per heavy atom. The van der Waals surface area contributed by atoms with Gasteiger partial charge in [-0.2, -0.15) is 0 Å². The van der Waals surface area contributed by atoms with Crippen molar-refractivity contribution >= 4 is 5.91 Å². The molecule has 0 aromatic heterocycles. The Morgan fingerprint density at radius 1 is 0.407 bits per heavy atom. The molecular formula is C53H103NO5. The molecule has 0 bridgehead atoms. The summed E-state index contributed by atoms with van der Waals surface area (Å²) in [7, 11) is 0. The van der Waals surface area contributed by atoms with Gasteiger partial charge in [0.15, 0.2) is 0 Å². The van der Waals surface area contributed by atoms with Crippen LogP contribution in [0.1, 0.15) is 277 Å². The van der Waals surface area contributed by atoms with Gasteiger partial charge in [-0.25, -0.2) is 0 Å². The first-order chi connectivity index (χ1) is 29.0. The quantitative estimate of drug-likeness (QED) is 0.0310. The van der Waals surface area contributed by atoms with Crippen molar-refractivity contribution in [2.24, 2.45) is 0 Å². The minimum Gasteiger partial charge on any atom is -0.394 e. The number of unbranched alkanes of at least 4 members (excludes halogenated alkanes) is 35. The van der Waals surface area contributed by atoms with Crippen LogP contribution < -0.4 is 5.32 Å². The topological polar surface area (TPSA) is 110 Å². The molecule has 0 aliphatic heterocycles. The van der Waals surface area contributed by atoms with E-state index in [0.717, 1.165) is 38.5 Å². The molecule has 0 spiro atoms. The summed E-state index contributed by atoms with van der Waals surface area (Å²) in [5.41, 5.74) is 0. The smallest absolute Gasteiger partial charge is 0.249 e. The Morgan fingerprint density at radius 3 is 1.07 bits per heavy atom. The van der Waals surface area contributed by atoms with E-state index in [4.69, 9.17) is 0 Å². The molecule has 0 aromatic carbocycles. The molecule has 6 heteroatoms. The Balaban J connectivity index is 3.60. The van der Waals surface area contributed by atoms with Crippen LogP contribution in [0.4, 0.5) is 0 Å². The zero-order valence-corrected chi connectivity index (χ0v) is 39.5. The Labute approximate surface area is 367 Å². The maximum Gasteiger partial charge on any atom is 0.249 e. The van der Waals surface area contributed by atoms with Crippen molar-refractivity contribution in [1.29, 1.82) is 0 Å². The minimum absolute atomic E-state index is 0.364. The van der Waals surface area contributed by atoms with Crippen molar-refractivity contribution in [2.75, 3.05) is 6.61 Å². The third-order valence-corrected chi connectivity index (χ3v) is 12.4. The third kappa shape index (κ3) is 41.9. The lowest BCUT2D eigenvalue weighted by Gasteiger charge is -2.27. The molecule has 59 heavy (non-hydrogen) atoms. The van der Waals surface area contributed by atoms with Crippen molar-refractivity contribution < 1.29 is 25.2 Å². The molecule has 1 amide bonds. The van der Waals surface area contributed by atoms with Crippen molar-refractivity contribution in [3.8, 4) is 0 Å². The number of aliphatic hydroxyl groups is 4. The molecule has 6 nitrogen and oxygen atoms in total. The van der Waals surface area contributed by atoms with Gasteiger partial charge in [0.2, 0.25) is 5.91 Å². The molecule has 4 atom stereocenters. The van der Waals surface area contributed by atoms with Gasteiger partial charge in [-0.15, -0.1) is 0 Å². The van der Waals surface area contributed by atoms with Crippen molar-refractivity contribution in [1.82, 2.24) is 5.32 Å². The lowest BCUT2D eigenvalue weighted by Crippen LogP contribution is -2.53. The number of aliphatic hydroxyl groups excluding tert-OH is 4. The van der Waals surface area contributed by atoms with Crippen LogP contribution in [0.5, 0.6) is 0 Å². The van der Waals surface area contributed by atoms with E-state index in [0.29, 0.717) is 19.3 Å². The van der Waals surface area contributed by atoms with Crippen molar-refractivity contribution in [3.63, 3.8) is 0 Å². The maximum absolute atomic E-state index is 12.5. The first-order valence-corrected chi connectivity index (χ1v) is 26.2. The molecule has 0 aromatic rings. The predicted octanol–water partition coefficient (Wildman–Crippen LogP) is 14.7. The van der Waals surface area contributed by atoms with Gasteiger partial charge in [-0.3, -0.25) is 4.79 Å². The lowest BCUT2D eigenvalue weighted by atomic mass is 10.00. The van der Waals surface area contributed by atoms with Gasteiger partial charge in [0.25, 0.3) is 0 Å². The summed E-state index contributed by atoms with van der Waals surface area (Å²) >= 11 is 0. The van der Waals surface area contributed by atoms with Crippen LogP contribution in [0.3, 0.4) is 0 Å². The number of hydrogen-bond acceptors (Lipinski definition) is 5. The monoisotopic (exact) mass is 834 g/mol. The fraction of sp³-hybridized carbons (Fsp3) is 0.906. The highest BCUT2D eigenvalue weighted by molar-refractivity contribution is 5.80. The zero-order valence-electron chi connectivity index (χ0n) is 39.5. The van der Waals surface area contributed by atoms with Gasteiger partial charge in [-0.05, 0) is 51.4 Å². The Kier molecular flexibility index (Phi) is 46.9. The zero-order chi connectivity index (χ0) is 43.1. The second-order valence-corrected chi connectivity index (χ2v) is 18.2. The molecular weight excluding hydrogens is 731 g/mol. The molecule has 4 unspecified atom stereocenters. The summed E-state index contributed by atoms with van der Waals surface area (Å²) < 4.78 is 0. The SMILES string of the molecule is CCCCCCC/C=C/CC/C=C/CCCC(O)C(O)C(CO)NC(=O)C(O)CCCCCCCCCCCCCCCCCCCCCCCCCCCCCCC. The average molecular weight is 834 g/mol. The summed E-state index contributed by atoms with van der Waals surface area (Å²) in [4.78, 5) is 12.5. The molecule has 0 saturated carbocycles. The second kappa shape index (κ2) is 47.8.